The van der Waals surface area contributed by atoms with Gasteiger partial charge in [-0.1, -0.05) is 32.0 Å². The molecule has 0 saturated heterocycles. The van der Waals surface area contributed by atoms with Gasteiger partial charge >= 0.3 is 0 Å². The van der Waals surface area contributed by atoms with Crippen molar-refractivity contribution in [3.05, 3.63) is 30.0 Å². The van der Waals surface area contributed by atoms with E-state index in [9.17, 15) is 0 Å². The Kier molecular flexibility index (Phi) is 4.93. The number of nitrogens with zero attached hydrogens (tertiary/aromatic N) is 2. The molecule has 104 valence electrons. The van der Waals surface area contributed by atoms with Gasteiger partial charge in [-0.25, -0.2) is 0 Å². The Labute approximate surface area is 114 Å². The van der Waals surface area contributed by atoms with Crippen LogP contribution in [-0.2, 0) is 18.4 Å². The number of aryl methyl sites for hydroxylation is 1. The predicted octanol–water partition coefficient (Wildman–Crippen LogP) is 2.48. The predicted molar refractivity (Wildman–Crippen MR) is 78.1 cm³/mol. The summed E-state index contributed by atoms with van der Waals surface area (Å²) < 4.78 is 7.62. The number of hydrogen-bond acceptors (Lipinski definition) is 3. The van der Waals surface area contributed by atoms with Gasteiger partial charge in [-0.15, -0.1) is 0 Å². The van der Waals surface area contributed by atoms with Crippen LogP contribution in [0.2, 0.25) is 0 Å². The van der Waals surface area contributed by atoms with Crippen molar-refractivity contribution in [2.24, 2.45) is 7.05 Å². The SMILES string of the molecule is CC(C)NCCCOCc1nn(C)c2ccccc12. The molecule has 19 heavy (non-hydrogen) atoms. The van der Waals surface area contributed by atoms with Crippen LogP contribution in [0.25, 0.3) is 10.9 Å². The summed E-state index contributed by atoms with van der Waals surface area (Å²) in [6, 6.07) is 8.80. The van der Waals surface area contributed by atoms with Gasteiger partial charge in [-0.05, 0) is 19.0 Å². The summed E-state index contributed by atoms with van der Waals surface area (Å²) in [7, 11) is 1.97. The smallest absolute Gasteiger partial charge is 0.0960 e. The van der Waals surface area contributed by atoms with E-state index in [-0.39, 0.29) is 0 Å². The maximum Gasteiger partial charge on any atom is 0.0960 e. The van der Waals surface area contributed by atoms with E-state index >= 15 is 0 Å². The largest absolute Gasteiger partial charge is 0.375 e. The minimum absolute atomic E-state index is 0.541. The van der Waals surface area contributed by atoms with E-state index in [0.29, 0.717) is 12.6 Å². The molecule has 0 aliphatic carbocycles. The summed E-state index contributed by atoms with van der Waals surface area (Å²) >= 11 is 0. The van der Waals surface area contributed by atoms with Crippen LogP contribution in [0.15, 0.2) is 24.3 Å². The van der Waals surface area contributed by atoms with Crippen molar-refractivity contribution in [1.82, 2.24) is 15.1 Å². The van der Waals surface area contributed by atoms with Crippen molar-refractivity contribution in [1.29, 1.82) is 0 Å². The molecule has 4 nitrogen and oxygen atoms in total. The van der Waals surface area contributed by atoms with Gasteiger partial charge in [0.25, 0.3) is 0 Å². The molecule has 0 radical (unpaired) electrons. The van der Waals surface area contributed by atoms with Gasteiger partial charge in [0.05, 0.1) is 17.8 Å². The lowest BCUT2D eigenvalue weighted by Crippen LogP contribution is -2.24. The second kappa shape index (κ2) is 6.68. The van der Waals surface area contributed by atoms with Crippen molar-refractivity contribution in [2.75, 3.05) is 13.2 Å². The van der Waals surface area contributed by atoms with Crippen LogP contribution in [0.1, 0.15) is 26.0 Å². The van der Waals surface area contributed by atoms with Crippen LogP contribution in [0.4, 0.5) is 0 Å². The molecular formula is C15H23N3O. The Hall–Kier alpha value is -1.39. The molecule has 0 fully saturated rings. The number of hydrogen-bond donors (Lipinski definition) is 1. The molecule has 1 heterocycles. The summed E-state index contributed by atoms with van der Waals surface area (Å²) in [6.07, 6.45) is 1.03. The fourth-order valence-electron chi connectivity index (χ4n) is 2.13. The molecule has 2 aromatic rings. The Bertz CT molecular complexity index is 519. The first kappa shape index (κ1) is 14.0. The quantitative estimate of drug-likeness (QED) is 0.778. The van der Waals surface area contributed by atoms with E-state index in [1.165, 1.54) is 5.39 Å². The van der Waals surface area contributed by atoms with E-state index in [0.717, 1.165) is 30.8 Å². The third-order valence-corrected chi connectivity index (χ3v) is 3.09. The van der Waals surface area contributed by atoms with E-state index in [2.05, 4.69) is 36.4 Å². The number of para-hydroxylation sites is 1. The number of benzene rings is 1. The van der Waals surface area contributed by atoms with Crippen molar-refractivity contribution in [3.63, 3.8) is 0 Å². The Morgan fingerprint density at radius 1 is 1.32 bits per heavy atom. The van der Waals surface area contributed by atoms with Gasteiger partial charge in [0.1, 0.15) is 0 Å². The molecule has 4 heteroatoms. The van der Waals surface area contributed by atoms with Crippen LogP contribution >= 0.6 is 0 Å². The fraction of sp³-hybridized carbons (Fsp3) is 0.533. The highest BCUT2D eigenvalue weighted by atomic mass is 16.5. The zero-order chi connectivity index (χ0) is 13.7. The van der Waals surface area contributed by atoms with Crippen LogP contribution in [0.5, 0.6) is 0 Å². The monoisotopic (exact) mass is 261 g/mol. The lowest BCUT2D eigenvalue weighted by molar-refractivity contribution is 0.116. The second-order valence-corrected chi connectivity index (χ2v) is 5.10. The topological polar surface area (TPSA) is 39.1 Å². The third-order valence-electron chi connectivity index (χ3n) is 3.09. The molecule has 0 unspecified atom stereocenters. The zero-order valence-electron chi connectivity index (χ0n) is 12.0. The van der Waals surface area contributed by atoms with E-state index in [4.69, 9.17) is 4.74 Å². The Balaban J connectivity index is 1.82. The number of nitrogens with one attached hydrogen (secondary N) is 1. The van der Waals surface area contributed by atoms with Gasteiger partial charge in [-0.3, -0.25) is 4.68 Å². The molecule has 1 aromatic carbocycles. The van der Waals surface area contributed by atoms with Crippen molar-refractivity contribution in [3.8, 4) is 0 Å². The highest BCUT2D eigenvalue weighted by molar-refractivity contribution is 5.81. The maximum absolute atomic E-state index is 5.71. The molecular weight excluding hydrogens is 238 g/mol. The molecule has 0 saturated carbocycles. The van der Waals surface area contributed by atoms with Crippen molar-refractivity contribution < 1.29 is 4.74 Å². The van der Waals surface area contributed by atoms with Crippen molar-refractivity contribution >= 4 is 10.9 Å². The minimum Gasteiger partial charge on any atom is -0.375 e. The number of rotatable bonds is 7. The van der Waals surface area contributed by atoms with Crippen LogP contribution < -0.4 is 5.32 Å². The van der Waals surface area contributed by atoms with E-state index < -0.39 is 0 Å². The minimum atomic E-state index is 0.541. The third kappa shape index (κ3) is 3.78. The molecule has 0 amide bonds. The molecule has 2 rings (SSSR count). The molecule has 0 aliphatic heterocycles. The molecule has 0 spiro atoms. The van der Waals surface area contributed by atoms with Gasteiger partial charge in [0, 0.05) is 25.1 Å². The number of aromatic nitrogens is 2. The van der Waals surface area contributed by atoms with Crippen LogP contribution in [-0.4, -0.2) is 29.0 Å². The maximum atomic E-state index is 5.71. The first-order valence-electron chi connectivity index (χ1n) is 6.90. The highest BCUT2D eigenvalue weighted by Crippen LogP contribution is 2.17. The average molecular weight is 261 g/mol. The highest BCUT2D eigenvalue weighted by Gasteiger charge is 2.07. The average Bonchev–Trinajstić information content (AvgIpc) is 2.71. The Morgan fingerprint density at radius 2 is 2.11 bits per heavy atom. The molecule has 1 N–H and O–H groups in total. The fourth-order valence-corrected chi connectivity index (χ4v) is 2.13. The summed E-state index contributed by atoms with van der Waals surface area (Å²) in [5.41, 5.74) is 2.18. The first-order valence-corrected chi connectivity index (χ1v) is 6.90. The standard InChI is InChI=1S/C15H23N3O/c1-12(2)16-9-6-10-19-11-14-13-7-4-5-8-15(13)18(3)17-14/h4-5,7-8,12,16H,6,9-11H2,1-3H3. The molecule has 0 bridgehead atoms. The van der Waals surface area contributed by atoms with E-state index in [1.807, 2.05) is 23.9 Å². The summed E-state index contributed by atoms with van der Waals surface area (Å²) in [5.74, 6) is 0. The van der Waals surface area contributed by atoms with Crippen LogP contribution in [0, 0.1) is 0 Å². The number of fused-ring (bicyclic) bond motifs is 1. The summed E-state index contributed by atoms with van der Waals surface area (Å²) in [6.45, 7) is 6.66. The lowest BCUT2D eigenvalue weighted by Gasteiger charge is -2.07. The van der Waals surface area contributed by atoms with Crippen LogP contribution in [0.3, 0.4) is 0 Å². The lowest BCUT2D eigenvalue weighted by atomic mass is 10.2. The zero-order valence-corrected chi connectivity index (χ0v) is 12.0. The first-order chi connectivity index (χ1) is 9.18. The van der Waals surface area contributed by atoms with E-state index in [1.54, 1.807) is 0 Å². The Morgan fingerprint density at radius 3 is 2.89 bits per heavy atom. The van der Waals surface area contributed by atoms with Gasteiger partial charge in [-0.2, -0.15) is 5.10 Å². The van der Waals surface area contributed by atoms with Gasteiger partial charge < -0.3 is 10.1 Å². The molecule has 0 atom stereocenters. The normalized spacial score (nSPS) is 11.6. The summed E-state index contributed by atoms with van der Waals surface area (Å²) in [4.78, 5) is 0. The van der Waals surface area contributed by atoms with Crippen molar-refractivity contribution in [2.45, 2.75) is 32.9 Å². The van der Waals surface area contributed by atoms with Gasteiger partial charge in [0.2, 0.25) is 0 Å². The number of ether oxygens (including phenoxy) is 1. The molecule has 0 aliphatic rings. The molecule has 1 aromatic heterocycles. The second-order valence-electron chi connectivity index (χ2n) is 5.10. The van der Waals surface area contributed by atoms with Gasteiger partial charge in [0.15, 0.2) is 0 Å². The summed E-state index contributed by atoms with van der Waals surface area (Å²) in [5, 5.41) is 9.08.